The van der Waals surface area contributed by atoms with Crippen molar-refractivity contribution in [3.63, 3.8) is 0 Å². The molecular weight excluding hydrogens is 318 g/mol. The molecule has 0 atom stereocenters. The molecular formula is C12H16BrNO3S. The van der Waals surface area contributed by atoms with Gasteiger partial charge in [0.1, 0.15) is 0 Å². The fraction of sp³-hybridized carbons (Fsp3) is 0.500. The Kier molecular flexibility index (Phi) is 4.42. The highest BCUT2D eigenvalue weighted by Gasteiger charge is 2.25. The highest BCUT2D eigenvalue weighted by molar-refractivity contribution is 9.10. The lowest BCUT2D eigenvalue weighted by molar-refractivity contribution is 0.148. The number of aryl methyl sites for hydroxylation is 1. The minimum atomic E-state index is -3.39. The molecule has 1 fully saturated rings. The lowest BCUT2D eigenvalue weighted by atomic mass is 10.2. The van der Waals surface area contributed by atoms with Crippen LogP contribution in [0, 0.1) is 6.92 Å². The predicted octanol–water partition coefficient (Wildman–Crippen LogP) is 2.17. The number of nitrogens with zero attached hydrogens (tertiary/aromatic N) is 1. The maximum Gasteiger partial charge on any atom is 0.243 e. The summed E-state index contributed by atoms with van der Waals surface area (Å²) < 4.78 is 32.6. The second-order valence-electron chi connectivity index (χ2n) is 4.28. The van der Waals surface area contributed by atoms with Gasteiger partial charge in [0.05, 0.1) is 11.5 Å². The Morgan fingerprint density at radius 1 is 1.28 bits per heavy atom. The summed E-state index contributed by atoms with van der Waals surface area (Å²) in [6.07, 6.45) is 0.745. The Labute approximate surface area is 116 Å². The second kappa shape index (κ2) is 5.69. The van der Waals surface area contributed by atoms with Crippen molar-refractivity contribution in [2.45, 2.75) is 18.2 Å². The lowest BCUT2D eigenvalue weighted by Gasteiger charge is -2.19. The van der Waals surface area contributed by atoms with Crippen molar-refractivity contribution in [1.82, 2.24) is 4.31 Å². The first-order chi connectivity index (χ1) is 8.51. The number of ether oxygens (including phenoxy) is 1. The van der Waals surface area contributed by atoms with E-state index >= 15 is 0 Å². The van der Waals surface area contributed by atoms with Gasteiger partial charge in [-0.05, 0) is 37.1 Å². The first kappa shape index (κ1) is 14.0. The quantitative estimate of drug-likeness (QED) is 0.833. The molecule has 4 nitrogen and oxygen atoms in total. The van der Waals surface area contributed by atoms with Crippen molar-refractivity contribution >= 4 is 26.0 Å². The molecule has 0 spiro atoms. The third kappa shape index (κ3) is 2.93. The van der Waals surface area contributed by atoms with Crippen LogP contribution >= 0.6 is 15.9 Å². The van der Waals surface area contributed by atoms with Crippen LogP contribution in [0.4, 0.5) is 0 Å². The van der Waals surface area contributed by atoms with E-state index in [4.69, 9.17) is 4.74 Å². The SMILES string of the molecule is Cc1cc(S(=O)(=O)N2CCCOCC2)ccc1Br. The fourth-order valence-electron chi connectivity index (χ4n) is 1.89. The molecule has 1 aliphatic heterocycles. The molecule has 0 amide bonds. The van der Waals surface area contributed by atoms with Gasteiger partial charge < -0.3 is 4.74 Å². The van der Waals surface area contributed by atoms with E-state index in [0.717, 1.165) is 16.5 Å². The average Bonchev–Trinajstić information content (AvgIpc) is 2.61. The van der Waals surface area contributed by atoms with Gasteiger partial charge >= 0.3 is 0 Å². The van der Waals surface area contributed by atoms with Crippen LogP contribution in [0.3, 0.4) is 0 Å². The second-order valence-corrected chi connectivity index (χ2v) is 7.07. The Morgan fingerprint density at radius 2 is 2.06 bits per heavy atom. The van der Waals surface area contributed by atoms with Crippen LogP contribution in [0.25, 0.3) is 0 Å². The van der Waals surface area contributed by atoms with E-state index in [9.17, 15) is 8.42 Å². The molecule has 6 heteroatoms. The fourth-order valence-corrected chi connectivity index (χ4v) is 3.69. The molecule has 2 rings (SSSR count). The third-order valence-corrected chi connectivity index (χ3v) is 5.73. The molecule has 1 aromatic carbocycles. The van der Waals surface area contributed by atoms with E-state index in [1.807, 2.05) is 6.92 Å². The van der Waals surface area contributed by atoms with Crippen molar-refractivity contribution in [2.75, 3.05) is 26.3 Å². The van der Waals surface area contributed by atoms with Crippen molar-refractivity contribution in [3.05, 3.63) is 28.2 Å². The molecule has 1 aromatic rings. The minimum absolute atomic E-state index is 0.352. The molecule has 0 saturated carbocycles. The minimum Gasteiger partial charge on any atom is -0.380 e. The van der Waals surface area contributed by atoms with Gasteiger partial charge in [0.2, 0.25) is 10.0 Å². The number of benzene rings is 1. The maximum absolute atomic E-state index is 12.5. The van der Waals surface area contributed by atoms with Gasteiger partial charge in [-0.15, -0.1) is 0 Å². The zero-order valence-corrected chi connectivity index (χ0v) is 12.6. The first-order valence-corrected chi connectivity index (χ1v) is 8.09. The van der Waals surface area contributed by atoms with Crippen LogP contribution < -0.4 is 0 Å². The summed E-state index contributed by atoms with van der Waals surface area (Å²) in [4.78, 5) is 0.352. The van der Waals surface area contributed by atoms with Crippen molar-refractivity contribution in [1.29, 1.82) is 0 Å². The van der Waals surface area contributed by atoms with Gasteiger partial charge in [-0.1, -0.05) is 15.9 Å². The van der Waals surface area contributed by atoms with E-state index in [1.165, 1.54) is 4.31 Å². The summed E-state index contributed by atoms with van der Waals surface area (Å²) in [6, 6.07) is 5.11. The maximum atomic E-state index is 12.5. The number of rotatable bonds is 2. The van der Waals surface area contributed by atoms with Gasteiger partial charge in [-0.2, -0.15) is 4.31 Å². The average molecular weight is 334 g/mol. The zero-order chi connectivity index (χ0) is 13.2. The Morgan fingerprint density at radius 3 is 2.78 bits per heavy atom. The number of hydrogen-bond donors (Lipinski definition) is 0. The zero-order valence-electron chi connectivity index (χ0n) is 10.2. The molecule has 18 heavy (non-hydrogen) atoms. The van der Waals surface area contributed by atoms with Gasteiger partial charge in [-0.3, -0.25) is 0 Å². The van der Waals surface area contributed by atoms with Crippen LogP contribution in [-0.2, 0) is 14.8 Å². The summed E-state index contributed by atoms with van der Waals surface area (Å²) in [6.45, 7) is 3.93. The lowest BCUT2D eigenvalue weighted by Crippen LogP contribution is -2.33. The van der Waals surface area contributed by atoms with E-state index in [0.29, 0.717) is 31.2 Å². The topological polar surface area (TPSA) is 46.6 Å². The van der Waals surface area contributed by atoms with Gasteiger partial charge in [0.25, 0.3) is 0 Å². The van der Waals surface area contributed by atoms with Crippen molar-refractivity contribution in [2.24, 2.45) is 0 Å². The number of sulfonamides is 1. The van der Waals surface area contributed by atoms with Crippen LogP contribution in [0.1, 0.15) is 12.0 Å². The smallest absolute Gasteiger partial charge is 0.243 e. The van der Waals surface area contributed by atoms with Gasteiger partial charge in [-0.25, -0.2) is 8.42 Å². The first-order valence-electron chi connectivity index (χ1n) is 5.86. The summed E-state index contributed by atoms with van der Waals surface area (Å²) in [5, 5.41) is 0. The Balaban J connectivity index is 2.31. The van der Waals surface area contributed by atoms with Crippen molar-refractivity contribution in [3.8, 4) is 0 Å². The molecule has 0 aliphatic carbocycles. The Bertz CT molecular complexity index is 522. The standard InChI is InChI=1S/C12H16BrNO3S/c1-10-9-11(3-4-12(10)13)18(15,16)14-5-2-7-17-8-6-14/h3-4,9H,2,5-8H2,1H3. The molecule has 100 valence electrons. The molecule has 0 radical (unpaired) electrons. The molecule has 0 aromatic heterocycles. The largest absolute Gasteiger partial charge is 0.380 e. The van der Waals surface area contributed by atoms with E-state index in [1.54, 1.807) is 18.2 Å². The molecule has 0 N–H and O–H groups in total. The molecule has 1 heterocycles. The third-order valence-electron chi connectivity index (χ3n) is 2.95. The molecule has 0 unspecified atom stereocenters. The van der Waals surface area contributed by atoms with Crippen LogP contribution in [0.15, 0.2) is 27.6 Å². The van der Waals surface area contributed by atoms with Gasteiger partial charge in [0.15, 0.2) is 0 Å². The van der Waals surface area contributed by atoms with Crippen molar-refractivity contribution < 1.29 is 13.2 Å². The van der Waals surface area contributed by atoms with E-state index in [2.05, 4.69) is 15.9 Å². The summed E-state index contributed by atoms with van der Waals surface area (Å²) in [7, 11) is -3.39. The Hall–Kier alpha value is -0.430. The number of hydrogen-bond acceptors (Lipinski definition) is 3. The van der Waals surface area contributed by atoms with Crippen LogP contribution in [0.5, 0.6) is 0 Å². The van der Waals surface area contributed by atoms with E-state index in [-0.39, 0.29) is 0 Å². The molecule has 1 saturated heterocycles. The predicted molar refractivity (Wildman–Crippen MR) is 73.1 cm³/mol. The number of halogens is 1. The summed E-state index contributed by atoms with van der Waals surface area (Å²) in [5.74, 6) is 0. The molecule has 1 aliphatic rings. The molecule has 0 bridgehead atoms. The van der Waals surface area contributed by atoms with E-state index < -0.39 is 10.0 Å². The highest BCUT2D eigenvalue weighted by Crippen LogP contribution is 2.23. The van der Waals surface area contributed by atoms with Gasteiger partial charge in [0, 0.05) is 24.2 Å². The normalized spacial score (nSPS) is 18.6. The summed E-state index contributed by atoms with van der Waals surface area (Å²) >= 11 is 3.38. The van der Waals surface area contributed by atoms with Crippen LogP contribution in [0.2, 0.25) is 0 Å². The monoisotopic (exact) mass is 333 g/mol. The van der Waals surface area contributed by atoms with Crippen LogP contribution in [-0.4, -0.2) is 39.0 Å². The summed E-state index contributed by atoms with van der Waals surface area (Å²) in [5.41, 5.74) is 0.919. The highest BCUT2D eigenvalue weighted by atomic mass is 79.9.